The minimum Gasteiger partial charge on any atom is -0.358 e. The zero-order valence-electron chi connectivity index (χ0n) is 9.59. The number of nitrogens with one attached hydrogen (secondary N) is 1. The second kappa shape index (κ2) is 4.52. The van der Waals surface area contributed by atoms with E-state index in [4.69, 9.17) is 0 Å². The summed E-state index contributed by atoms with van der Waals surface area (Å²) in [5.74, 6) is 0.781. The van der Waals surface area contributed by atoms with Gasteiger partial charge in [-0.2, -0.15) is 0 Å². The van der Waals surface area contributed by atoms with Gasteiger partial charge in [-0.15, -0.1) is 0 Å². The van der Waals surface area contributed by atoms with E-state index in [0.29, 0.717) is 0 Å². The summed E-state index contributed by atoms with van der Waals surface area (Å²) in [5.41, 5.74) is 2.63. The fraction of sp³-hybridized carbons (Fsp3) is 0.429. The lowest BCUT2D eigenvalue weighted by Gasteiger charge is -2.07. The van der Waals surface area contributed by atoms with Gasteiger partial charge in [0.05, 0.1) is 0 Å². The molecule has 1 aromatic heterocycles. The monoisotopic (exact) mass is 201 g/mol. The molecular weight excluding hydrogens is 182 g/mol. The van der Waals surface area contributed by atoms with Gasteiger partial charge < -0.3 is 4.98 Å². The molecule has 1 aromatic carbocycles. The maximum Gasteiger partial charge on any atom is 0.0456 e. The Morgan fingerprint density at radius 3 is 2.80 bits per heavy atom. The lowest BCUT2D eigenvalue weighted by Crippen LogP contribution is -1.98. The summed E-state index contributed by atoms with van der Waals surface area (Å²) in [4.78, 5) is 3.48. The van der Waals surface area contributed by atoms with Gasteiger partial charge in [0, 0.05) is 11.2 Å². The number of aromatic nitrogens is 1. The van der Waals surface area contributed by atoms with Crippen molar-refractivity contribution in [1.29, 1.82) is 0 Å². The summed E-state index contributed by atoms with van der Waals surface area (Å²) in [5, 5.41) is 1.33. The molecule has 0 aliphatic rings. The van der Waals surface area contributed by atoms with Gasteiger partial charge in [0.25, 0.3) is 0 Å². The summed E-state index contributed by atoms with van der Waals surface area (Å²) < 4.78 is 0. The number of H-pyrrole nitrogens is 1. The average molecular weight is 201 g/mol. The molecule has 2 aromatic rings. The second-order valence-corrected chi connectivity index (χ2v) is 4.48. The lowest BCUT2D eigenvalue weighted by molar-refractivity contribution is 0.518. The summed E-state index contributed by atoms with van der Waals surface area (Å²) >= 11 is 0. The zero-order chi connectivity index (χ0) is 10.7. The largest absolute Gasteiger partial charge is 0.358 e. The Morgan fingerprint density at radius 1 is 1.27 bits per heavy atom. The van der Waals surface area contributed by atoms with Crippen LogP contribution in [0.5, 0.6) is 0 Å². The van der Waals surface area contributed by atoms with Crippen molar-refractivity contribution in [3.63, 3.8) is 0 Å². The maximum atomic E-state index is 3.48. The number of fused-ring (bicyclic) bond motifs is 1. The molecule has 1 unspecified atom stereocenters. The van der Waals surface area contributed by atoms with Crippen molar-refractivity contribution >= 4 is 10.9 Å². The fourth-order valence-corrected chi connectivity index (χ4v) is 2.21. The van der Waals surface area contributed by atoms with Crippen molar-refractivity contribution in [2.75, 3.05) is 0 Å². The Kier molecular flexibility index (Phi) is 3.10. The number of para-hydroxylation sites is 1. The summed E-state index contributed by atoms with van der Waals surface area (Å²) in [6.07, 6.45) is 3.76. The van der Waals surface area contributed by atoms with Crippen LogP contribution in [0.25, 0.3) is 10.9 Å². The molecule has 1 nitrogen and oxygen atoms in total. The molecule has 0 aliphatic heterocycles. The predicted molar refractivity (Wildman–Crippen MR) is 66.1 cm³/mol. The van der Waals surface area contributed by atoms with Crippen LogP contribution in [0.15, 0.2) is 30.3 Å². The number of hydrogen-bond donors (Lipinski definition) is 1. The van der Waals surface area contributed by atoms with E-state index >= 15 is 0 Å². The predicted octanol–water partition coefficient (Wildman–Crippen LogP) is 4.15. The van der Waals surface area contributed by atoms with Gasteiger partial charge in [-0.05, 0) is 29.9 Å². The first-order chi connectivity index (χ1) is 7.29. The molecule has 15 heavy (non-hydrogen) atoms. The molecule has 0 spiro atoms. The Hall–Kier alpha value is -1.24. The van der Waals surface area contributed by atoms with Crippen molar-refractivity contribution in [3.8, 4) is 0 Å². The van der Waals surface area contributed by atoms with Gasteiger partial charge in [0.15, 0.2) is 0 Å². The van der Waals surface area contributed by atoms with Crippen LogP contribution in [0.4, 0.5) is 0 Å². The molecule has 1 atom stereocenters. The van der Waals surface area contributed by atoms with Gasteiger partial charge >= 0.3 is 0 Å². The minimum atomic E-state index is 0.781. The third-order valence-electron chi connectivity index (χ3n) is 2.94. The molecule has 0 radical (unpaired) electrons. The Bertz CT molecular complexity index is 395. The number of benzene rings is 1. The van der Waals surface area contributed by atoms with E-state index in [1.165, 1.54) is 35.9 Å². The molecule has 1 N–H and O–H groups in total. The van der Waals surface area contributed by atoms with Crippen LogP contribution in [-0.4, -0.2) is 4.98 Å². The minimum absolute atomic E-state index is 0.781. The van der Waals surface area contributed by atoms with Crippen LogP contribution in [0.2, 0.25) is 0 Å². The second-order valence-electron chi connectivity index (χ2n) is 4.48. The molecule has 0 fully saturated rings. The highest BCUT2D eigenvalue weighted by Crippen LogP contribution is 2.18. The highest BCUT2D eigenvalue weighted by atomic mass is 14.7. The summed E-state index contributed by atoms with van der Waals surface area (Å²) in [6, 6.07) is 10.8. The van der Waals surface area contributed by atoms with Crippen LogP contribution in [0.3, 0.4) is 0 Å². The van der Waals surface area contributed by atoms with E-state index in [1.807, 2.05) is 0 Å². The average Bonchev–Trinajstić information content (AvgIpc) is 2.59. The Morgan fingerprint density at radius 2 is 2.07 bits per heavy atom. The molecule has 2 rings (SSSR count). The Balaban J connectivity index is 2.15. The molecule has 1 heterocycles. The van der Waals surface area contributed by atoms with Gasteiger partial charge in [0.2, 0.25) is 0 Å². The molecular formula is C14H19N. The number of rotatable bonds is 4. The molecule has 0 saturated heterocycles. The Labute approximate surface area is 91.5 Å². The molecule has 80 valence electrons. The van der Waals surface area contributed by atoms with Gasteiger partial charge in [-0.3, -0.25) is 0 Å². The van der Waals surface area contributed by atoms with Crippen LogP contribution in [-0.2, 0) is 6.42 Å². The van der Waals surface area contributed by atoms with E-state index < -0.39 is 0 Å². The summed E-state index contributed by atoms with van der Waals surface area (Å²) in [6.45, 7) is 4.58. The zero-order valence-corrected chi connectivity index (χ0v) is 9.59. The lowest BCUT2D eigenvalue weighted by atomic mass is 10.0. The van der Waals surface area contributed by atoms with E-state index in [0.717, 1.165) is 5.92 Å². The van der Waals surface area contributed by atoms with Crippen molar-refractivity contribution < 1.29 is 0 Å². The SMILES string of the molecule is CCCC(C)Cc1cc2ccccc2[nH]1. The summed E-state index contributed by atoms with van der Waals surface area (Å²) in [7, 11) is 0. The smallest absolute Gasteiger partial charge is 0.0456 e. The first kappa shape index (κ1) is 10.3. The van der Waals surface area contributed by atoms with Crippen LogP contribution < -0.4 is 0 Å². The van der Waals surface area contributed by atoms with Crippen molar-refractivity contribution in [3.05, 3.63) is 36.0 Å². The van der Waals surface area contributed by atoms with E-state index in [1.54, 1.807) is 0 Å². The van der Waals surface area contributed by atoms with Crippen LogP contribution in [0.1, 0.15) is 32.4 Å². The van der Waals surface area contributed by atoms with Crippen LogP contribution in [0, 0.1) is 5.92 Å². The van der Waals surface area contributed by atoms with Gasteiger partial charge in [-0.25, -0.2) is 0 Å². The van der Waals surface area contributed by atoms with Crippen molar-refractivity contribution in [1.82, 2.24) is 4.98 Å². The number of hydrogen-bond acceptors (Lipinski definition) is 0. The van der Waals surface area contributed by atoms with Gasteiger partial charge in [0.1, 0.15) is 0 Å². The van der Waals surface area contributed by atoms with Crippen molar-refractivity contribution in [2.24, 2.45) is 5.92 Å². The normalized spacial score (nSPS) is 13.2. The quantitative estimate of drug-likeness (QED) is 0.765. The topological polar surface area (TPSA) is 15.8 Å². The molecule has 1 heteroatoms. The van der Waals surface area contributed by atoms with Gasteiger partial charge in [-0.1, -0.05) is 44.9 Å². The number of aromatic amines is 1. The third-order valence-corrected chi connectivity index (χ3v) is 2.94. The molecule has 0 aliphatic carbocycles. The molecule has 0 bridgehead atoms. The standard InChI is InChI=1S/C14H19N/c1-3-6-11(2)9-13-10-12-7-4-5-8-14(12)15-13/h4-5,7-8,10-11,15H,3,6,9H2,1-2H3. The fourth-order valence-electron chi connectivity index (χ4n) is 2.21. The molecule has 0 saturated carbocycles. The highest BCUT2D eigenvalue weighted by Gasteiger charge is 2.05. The van der Waals surface area contributed by atoms with E-state index in [-0.39, 0.29) is 0 Å². The first-order valence-corrected chi connectivity index (χ1v) is 5.86. The van der Waals surface area contributed by atoms with E-state index in [2.05, 4.69) is 49.2 Å². The maximum absolute atomic E-state index is 3.48. The van der Waals surface area contributed by atoms with E-state index in [9.17, 15) is 0 Å². The highest BCUT2D eigenvalue weighted by molar-refractivity contribution is 5.80. The van der Waals surface area contributed by atoms with Crippen molar-refractivity contribution in [2.45, 2.75) is 33.1 Å². The first-order valence-electron chi connectivity index (χ1n) is 5.86. The van der Waals surface area contributed by atoms with Crippen LogP contribution >= 0.6 is 0 Å². The third kappa shape index (κ3) is 2.41. The molecule has 0 amide bonds.